The molecule has 0 aliphatic heterocycles. The summed E-state index contributed by atoms with van der Waals surface area (Å²) in [7, 11) is 1.85. The van der Waals surface area contributed by atoms with Crippen LogP contribution in [-0.4, -0.2) is 32.3 Å². The summed E-state index contributed by atoms with van der Waals surface area (Å²) in [6.45, 7) is 2.56. The van der Waals surface area contributed by atoms with E-state index in [1.165, 1.54) is 18.2 Å². The van der Waals surface area contributed by atoms with Crippen molar-refractivity contribution < 1.29 is 13.9 Å². The molecule has 0 saturated carbocycles. The van der Waals surface area contributed by atoms with E-state index in [0.29, 0.717) is 30.6 Å². The number of aryl methyl sites for hydroxylation is 1. The molecule has 0 unspecified atom stereocenters. The molecule has 10 heteroatoms. The molecule has 4 aromatic rings. The van der Waals surface area contributed by atoms with E-state index >= 15 is 0 Å². The maximum Gasteiger partial charge on any atom is 0.330 e. The Morgan fingerprint density at radius 2 is 2.08 bits per heavy atom. The normalized spacial score (nSPS) is 11.0. The number of nitrogens with zero attached hydrogens (tertiary/aromatic N) is 4. The van der Waals surface area contributed by atoms with Crippen LogP contribution in [0.2, 0.25) is 5.02 Å². The van der Waals surface area contributed by atoms with Gasteiger partial charge >= 0.3 is 5.97 Å². The molecule has 0 radical (unpaired) electrons. The monoisotopic (exact) mass is 506 g/mol. The molecular weight excluding hydrogens is 483 g/mol. The number of aromatic nitrogens is 4. The number of esters is 1. The molecule has 2 heterocycles. The van der Waals surface area contributed by atoms with Crippen LogP contribution in [0.15, 0.2) is 67.1 Å². The minimum Gasteiger partial charge on any atom is -0.463 e. The number of anilines is 3. The summed E-state index contributed by atoms with van der Waals surface area (Å²) in [5.74, 6) is -0.0138. The molecule has 0 bridgehead atoms. The predicted octanol–water partition coefficient (Wildman–Crippen LogP) is 5.60. The first-order chi connectivity index (χ1) is 17.4. The molecule has 2 aromatic heterocycles. The van der Waals surface area contributed by atoms with Crippen LogP contribution in [0.3, 0.4) is 0 Å². The first-order valence-corrected chi connectivity index (χ1v) is 11.5. The van der Waals surface area contributed by atoms with Crippen molar-refractivity contribution in [2.45, 2.75) is 13.5 Å². The number of hydrogen-bond acceptors (Lipinski definition) is 7. The smallest absolute Gasteiger partial charge is 0.330 e. The summed E-state index contributed by atoms with van der Waals surface area (Å²) >= 11 is 5.90. The van der Waals surface area contributed by atoms with Crippen LogP contribution in [0.5, 0.6) is 0 Å². The zero-order valence-electron chi connectivity index (χ0n) is 19.7. The molecule has 4 rings (SSSR count). The van der Waals surface area contributed by atoms with Crippen molar-refractivity contribution >= 4 is 41.1 Å². The average molecular weight is 507 g/mol. The van der Waals surface area contributed by atoms with E-state index in [2.05, 4.69) is 25.7 Å². The highest BCUT2D eigenvalue weighted by Crippen LogP contribution is 2.29. The van der Waals surface area contributed by atoms with Gasteiger partial charge in [-0.25, -0.2) is 14.2 Å². The van der Waals surface area contributed by atoms with Crippen molar-refractivity contribution in [3.63, 3.8) is 0 Å². The van der Waals surface area contributed by atoms with Gasteiger partial charge in [-0.2, -0.15) is 10.1 Å². The van der Waals surface area contributed by atoms with Gasteiger partial charge in [0.05, 0.1) is 17.8 Å². The molecule has 0 saturated heterocycles. The van der Waals surface area contributed by atoms with Crippen LogP contribution in [0.25, 0.3) is 17.2 Å². The lowest BCUT2D eigenvalue weighted by molar-refractivity contribution is -0.137. The summed E-state index contributed by atoms with van der Waals surface area (Å²) in [5.41, 5.74) is 3.97. The van der Waals surface area contributed by atoms with Crippen LogP contribution in [0.4, 0.5) is 21.8 Å². The summed E-state index contributed by atoms with van der Waals surface area (Å²) in [5, 5.41) is 10.6. The first kappa shape index (κ1) is 24.9. The fourth-order valence-corrected chi connectivity index (χ4v) is 3.59. The molecule has 0 fully saturated rings. The third-order valence-corrected chi connectivity index (χ3v) is 5.37. The van der Waals surface area contributed by atoms with Crippen LogP contribution in [-0.2, 0) is 23.1 Å². The van der Waals surface area contributed by atoms with E-state index in [9.17, 15) is 9.18 Å². The van der Waals surface area contributed by atoms with Gasteiger partial charge < -0.3 is 15.4 Å². The molecular formula is C26H24ClFN6O2. The Bertz CT molecular complexity index is 1400. The Hall–Kier alpha value is -4.24. The Morgan fingerprint density at radius 3 is 2.83 bits per heavy atom. The number of benzene rings is 2. The number of rotatable bonds is 9. The quantitative estimate of drug-likeness (QED) is 0.225. The van der Waals surface area contributed by atoms with Crippen LogP contribution in [0.1, 0.15) is 18.1 Å². The molecule has 2 N–H and O–H groups in total. The fraction of sp³-hybridized carbons (Fsp3) is 0.154. The van der Waals surface area contributed by atoms with Gasteiger partial charge in [0, 0.05) is 48.9 Å². The van der Waals surface area contributed by atoms with Crippen molar-refractivity contribution in [1.82, 2.24) is 19.7 Å². The molecule has 2 aromatic carbocycles. The fourth-order valence-electron chi connectivity index (χ4n) is 3.40. The van der Waals surface area contributed by atoms with Crippen molar-refractivity contribution in [2.75, 3.05) is 17.2 Å². The number of ether oxygens (including phenoxy) is 1. The number of carbonyl (C=O) groups excluding carboxylic acids is 1. The van der Waals surface area contributed by atoms with Gasteiger partial charge in [-0.05, 0) is 48.4 Å². The van der Waals surface area contributed by atoms with Crippen LogP contribution < -0.4 is 10.6 Å². The van der Waals surface area contributed by atoms with Gasteiger partial charge in [-0.3, -0.25) is 4.68 Å². The lowest BCUT2D eigenvalue weighted by atomic mass is 10.0. The van der Waals surface area contributed by atoms with Gasteiger partial charge in [-0.15, -0.1) is 0 Å². The van der Waals surface area contributed by atoms with Crippen LogP contribution >= 0.6 is 11.6 Å². The predicted molar refractivity (Wildman–Crippen MR) is 138 cm³/mol. The van der Waals surface area contributed by atoms with E-state index in [-0.39, 0.29) is 5.02 Å². The topological polar surface area (TPSA) is 94.0 Å². The standard InChI is InChI=1S/C26H24ClFN6O2/c1-3-36-24(35)10-7-17-5-4-6-19(11-17)21-15-30-26(32-20-8-9-23(28)22(27)12-20)33-25(21)29-13-18-14-31-34(2)16-18/h4-12,14-16H,3,13H2,1-2H3,(H2,29,30,32,33). The maximum atomic E-state index is 13.5. The zero-order valence-corrected chi connectivity index (χ0v) is 20.5. The molecule has 0 aliphatic rings. The Kier molecular flexibility index (Phi) is 7.92. The maximum absolute atomic E-state index is 13.5. The van der Waals surface area contributed by atoms with Gasteiger partial charge in [0.2, 0.25) is 5.95 Å². The summed E-state index contributed by atoms with van der Waals surface area (Å²) < 4.78 is 20.2. The first-order valence-electron chi connectivity index (χ1n) is 11.2. The molecule has 8 nitrogen and oxygen atoms in total. The summed E-state index contributed by atoms with van der Waals surface area (Å²) in [6, 6.07) is 11.9. The molecule has 0 atom stereocenters. The van der Waals surface area contributed by atoms with Crippen molar-refractivity contribution in [2.24, 2.45) is 7.05 Å². The molecule has 184 valence electrons. The minimum atomic E-state index is -0.505. The van der Waals surface area contributed by atoms with Gasteiger partial charge in [0.15, 0.2) is 0 Å². The van der Waals surface area contributed by atoms with Crippen LogP contribution in [0, 0.1) is 5.82 Å². The highest BCUT2D eigenvalue weighted by Gasteiger charge is 2.12. The third-order valence-electron chi connectivity index (χ3n) is 5.08. The van der Waals surface area contributed by atoms with Crippen molar-refractivity contribution in [3.05, 3.63) is 89.1 Å². The summed E-state index contributed by atoms with van der Waals surface area (Å²) in [6.07, 6.45) is 8.46. The lowest BCUT2D eigenvalue weighted by Gasteiger charge is -2.13. The number of nitrogens with one attached hydrogen (secondary N) is 2. The number of hydrogen-bond donors (Lipinski definition) is 2. The number of halogens is 2. The van der Waals surface area contributed by atoms with E-state index < -0.39 is 11.8 Å². The second kappa shape index (κ2) is 11.5. The van der Waals surface area contributed by atoms with E-state index in [0.717, 1.165) is 22.3 Å². The average Bonchev–Trinajstić information content (AvgIpc) is 3.29. The van der Waals surface area contributed by atoms with Crippen molar-refractivity contribution in [3.8, 4) is 11.1 Å². The second-order valence-electron chi connectivity index (χ2n) is 7.80. The van der Waals surface area contributed by atoms with Gasteiger partial charge in [-0.1, -0.05) is 29.8 Å². The highest BCUT2D eigenvalue weighted by atomic mass is 35.5. The molecule has 0 aliphatic carbocycles. The van der Waals surface area contributed by atoms with E-state index in [1.807, 2.05) is 37.5 Å². The molecule has 0 amide bonds. The van der Waals surface area contributed by atoms with Gasteiger partial charge in [0.25, 0.3) is 0 Å². The highest BCUT2D eigenvalue weighted by molar-refractivity contribution is 6.31. The third kappa shape index (κ3) is 6.45. The summed E-state index contributed by atoms with van der Waals surface area (Å²) in [4.78, 5) is 20.8. The minimum absolute atomic E-state index is 0.000709. The van der Waals surface area contributed by atoms with Gasteiger partial charge in [0.1, 0.15) is 11.6 Å². The zero-order chi connectivity index (χ0) is 25.5. The molecule has 0 spiro atoms. The van der Waals surface area contributed by atoms with Crippen molar-refractivity contribution in [1.29, 1.82) is 0 Å². The lowest BCUT2D eigenvalue weighted by Crippen LogP contribution is -2.06. The molecule has 36 heavy (non-hydrogen) atoms. The van der Waals surface area contributed by atoms with E-state index in [1.54, 1.807) is 36.1 Å². The van der Waals surface area contributed by atoms with E-state index in [4.69, 9.17) is 16.3 Å². The number of carbonyl (C=O) groups is 1. The SMILES string of the molecule is CCOC(=O)C=Cc1cccc(-c2cnc(Nc3ccc(F)c(Cl)c3)nc2NCc2cnn(C)c2)c1. The Morgan fingerprint density at radius 1 is 1.22 bits per heavy atom. The largest absolute Gasteiger partial charge is 0.463 e. The Labute approximate surface area is 212 Å². The second-order valence-corrected chi connectivity index (χ2v) is 8.20. The Balaban J connectivity index is 1.64.